The first-order chi connectivity index (χ1) is 8.90. The van der Waals surface area contributed by atoms with Gasteiger partial charge < -0.3 is 10.6 Å². The van der Waals surface area contributed by atoms with Crippen LogP contribution in [0.3, 0.4) is 0 Å². The number of hydrogen-bond donors (Lipinski definition) is 2. The van der Waals surface area contributed by atoms with Crippen LogP contribution in [0.15, 0.2) is 12.7 Å². The third-order valence-electron chi connectivity index (χ3n) is 2.05. The Morgan fingerprint density at radius 1 is 1.00 bits per heavy atom. The van der Waals surface area contributed by atoms with Crippen LogP contribution in [0, 0.1) is 29.1 Å². The SMILES string of the molecule is C=CCNCC(=O)Nc1c(F)c(F)c(F)c(F)c1F. The lowest BCUT2D eigenvalue weighted by Crippen LogP contribution is -2.29. The van der Waals surface area contributed by atoms with Crippen molar-refractivity contribution in [2.24, 2.45) is 0 Å². The van der Waals surface area contributed by atoms with Crippen molar-refractivity contribution >= 4 is 11.6 Å². The van der Waals surface area contributed by atoms with Crippen molar-refractivity contribution < 1.29 is 26.7 Å². The first-order valence-electron chi connectivity index (χ1n) is 5.03. The highest BCUT2D eigenvalue weighted by Gasteiger charge is 2.26. The van der Waals surface area contributed by atoms with Gasteiger partial charge in [-0.15, -0.1) is 6.58 Å². The van der Waals surface area contributed by atoms with E-state index in [0.717, 1.165) is 0 Å². The molecule has 1 amide bonds. The molecule has 104 valence electrons. The summed E-state index contributed by atoms with van der Waals surface area (Å²) in [6, 6.07) is 0. The predicted octanol–water partition coefficient (Wildman–Crippen LogP) is 2.10. The normalized spacial score (nSPS) is 10.4. The van der Waals surface area contributed by atoms with Crippen LogP contribution in [0.5, 0.6) is 0 Å². The van der Waals surface area contributed by atoms with Crippen LogP contribution in [-0.2, 0) is 4.79 Å². The number of carbonyl (C=O) groups excluding carboxylic acids is 1. The van der Waals surface area contributed by atoms with Gasteiger partial charge in [-0.05, 0) is 0 Å². The van der Waals surface area contributed by atoms with Gasteiger partial charge in [-0.1, -0.05) is 6.08 Å². The maximum absolute atomic E-state index is 13.2. The summed E-state index contributed by atoms with van der Waals surface area (Å²) in [5.74, 6) is -11.6. The average Bonchev–Trinajstić information content (AvgIpc) is 2.39. The van der Waals surface area contributed by atoms with E-state index in [9.17, 15) is 26.7 Å². The number of nitrogens with one attached hydrogen (secondary N) is 2. The number of carbonyl (C=O) groups is 1. The zero-order chi connectivity index (χ0) is 14.6. The lowest BCUT2D eigenvalue weighted by Gasteiger charge is -2.09. The van der Waals surface area contributed by atoms with Crippen LogP contribution < -0.4 is 10.6 Å². The van der Waals surface area contributed by atoms with Crippen LogP contribution in [-0.4, -0.2) is 19.0 Å². The molecule has 3 nitrogen and oxygen atoms in total. The summed E-state index contributed by atoms with van der Waals surface area (Å²) in [6.45, 7) is 3.22. The minimum Gasteiger partial charge on any atom is -0.320 e. The molecular formula is C11H9F5N2O. The second-order valence-corrected chi connectivity index (χ2v) is 3.41. The topological polar surface area (TPSA) is 41.1 Å². The monoisotopic (exact) mass is 280 g/mol. The van der Waals surface area contributed by atoms with E-state index in [2.05, 4.69) is 11.9 Å². The molecule has 0 spiro atoms. The van der Waals surface area contributed by atoms with E-state index < -0.39 is 40.7 Å². The largest absolute Gasteiger partial charge is 0.320 e. The Balaban J connectivity index is 2.95. The van der Waals surface area contributed by atoms with Gasteiger partial charge in [-0.25, -0.2) is 22.0 Å². The van der Waals surface area contributed by atoms with Gasteiger partial charge >= 0.3 is 0 Å². The first kappa shape index (κ1) is 15.1. The van der Waals surface area contributed by atoms with Crippen LogP contribution >= 0.6 is 0 Å². The summed E-state index contributed by atoms with van der Waals surface area (Å²) in [4.78, 5) is 11.2. The fraction of sp³-hybridized carbons (Fsp3) is 0.182. The van der Waals surface area contributed by atoms with Gasteiger partial charge in [0.25, 0.3) is 0 Å². The maximum Gasteiger partial charge on any atom is 0.238 e. The molecule has 0 aliphatic rings. The molecule has 1 aromatic carbocycles. The molecule has 0 aliphatic heterocycles. The highest BCUT2D eigenvalue weighted by Crippen LogP contribution is 2.26. The fourth-order valence-corrected chi connectivity index (χ4v) is 1.19. The average molecular weight is 280 g/mol. The van der Waals surface area contributed by atoms with Gasteiger partial charge in [0, 0.05) is 6.54 Å². The molecule has 1 aromatic rings. The van der Waals surface area contributed by atoms with Crippen LogP contribution in [0.2, 0.25) is 0 Å². The van der Waals surface area contributed by atoms with Gasteiger partial charge in [0.05, 0.1) is 6.54 Å². The summed E-state index contributed by atoms with van der Waals surface area (Å²) in [5.41, 5.74) is -1.37. The van der Waals surface area contributed by atoms with Gasteiger partial charge in [0.1, 0.15) is 5.69 Å². The van der Waals surface area contributed by atoms with Crippen LogP contribution in [0.1, 0.15) is 0 Å². The second-order valence-electron chi connectivity index (χ2n) is 3.41. The van der Waals surface area contributed by atoms with Gasteiger partial charge in [0.15, 0.2) is 23.3 Å². The minimum atomic E-state index is -2.28. The zero-order valence-electron chi connectivity index (χ0n) is 9.50. The third kappa shape index (κ3) is 3.28. The molecule has 19 heavy (non-hydrogen) atoms. The minimum absolute atomic E-state index is 0.241. The molecule has 0 fully saturated rings. The number of amides is 1. The molecule has 1 rings (SSSR count). The highest BCUT2D eigenvalue weighted by atomic mass is 19.2. The van der Waals surface area contributed by atoms with Crippen molar-refractivity contribution in [3.05, 3.63) is 41.7 Å². The summed E-state index contributed by atoms with van der Waals surface area (Å²) >= 11 is 0. The molecule has 0 aromatic heterocycles. The van der Waals surface area contributed by atoms with E-state index in [1.165, 1.54) is 6.08 Å². The number of rotatable bonds is 5. The second kappa shape index (κ2) is 6.28. The van der Waals surface area contributed by atoms with Crippen molar-refractivity contribution in [1.82, 2.24) is 5.32 Å². The number of benzene rings is 1. The van der Waals surface area contributed by atoms with Crippen LogP contribution in [0.25, 0.3) is 0 Å². The van der Waals surface area contributed by atoms with E-state index in [0.29, 0.717) is 0 Å². The number of anilines is 1. The molecule has 0 unspecified atom stereocenters. The van der Waals surface area contributed by atoms with Gasteiger partial charge in [-0.3, -0.25) is 4.79 Å². The molecule has 0 bridgehead atoms. The quantitative estimate of drug-likeness (QED) is 0.285. The Morgan fingerprint density at radius 3 is 1.95 bits per heavy atom. The lowest BCUT2D eigenvalue weighted by atomic mass is 10.2. The predicted molar refractivity (Wildman–Crippen MR) is 57.9 cm³/mol. The number of halogens is 5. The van der Waals surface area contributed by atoms with E-state index in [1.54, 1.807) is 5.32 Å². The van der Waals surface area contributed by atoms with E-state index in [-0.39, 0.29) is 13.1 Å². The lowest BCUT2D eigenvalue weighted by molar-refractivity contribution is -0.115. The summed E-state index contributed by atoms with van der Waals surface area (Å²) < 4.78 is 64.7. The third-order valence-corrected chi connectivity index (χ3v) is 2.05. The van der Waals surface area contributed by atoms with E-state index >= 15 is 0 Å². The molecule has 2 N–H and O–H groups in total. The summed E-state index contributed by atoms with van der Waals surface area (Å²) in [5, 5.41) is 4.11. The standard InChI is InChI=1S/C11H9F5N2O/c1-2-3-17-4-5(19)18-11-9(15)7(13)6(12)8(14)10(11)16/h2,17H,1,3-4H2,(H,18,19). The molecule has 0 heterocycles. The van der Waals surface area contributed by atoms with Crippen molar-refractivity contribution in [3.63, 3.8) is 0 Å². The number of hydrogen-bond acceptors (Lipinski definition) is 2. The first-order valence-corrected chi connectivity index (χ1v) is 5.03. The van der Waals surface area contributed by atoms with Gasteiger partial charge in [-0.2, -0.15) is 0 Å². The molecular weight excluding hydrogens is 271 g/mol. The summed E-state index contributed by atoms with van der Waals surface area (Å²) in [7, 11) is 0. The molecule has 8 heteroatoms. The highest BCUT2D eigenvalue weighted by molar-refractivity contribution is 5.92. The Kier molecular flexibility index (Phi) is 4.99. The van der Waals surface area contributed by atoms with Crippen molar-refractivity contribution in [2.75, 3.05) is 18.4 Å². The molecule has 0 radical (unpaired) electrons. The smallest absolute Gasteiger partial charge is 0.238 e. The summed E-state index contributed by atoms with van der Waals surface area (Å²) in [6.07, 6.45) is 1.42. The maximum atomic E-state index is 13.2. The molecule has 0 aliphatic carbocycles. The van der Waals surface area contributed by atoms with E-state index in [1.807, 2.05) is 0 Å². The van der Waals surface area contributed by atoms with Crippen molar-refractivity contribution in [3.8, 4) is 0 Å². The molecule has 0 atom stereocenters. The Bertz CT molecular complexity index is 489. The van der Waals surface area contributed by atoms with Crippen LogP contribution in [0.4, 0.5) is 27.6 Å². The molecule has 0 saturated heterocycles. The van der Waals surface area contributed by atoms with E-state index in [4.69, 9.17) is 0 Å². The molecule has 0 saturated carbocycles. The Labute approximate surface area is 105 Å². The van der Waals surface area contributed by atoms with Crippen molar-refractivity contribution in [2.45, 2.75) is 0 Å². The fourth-order valence-electron chi connectivity index (χ4n) is 1.19. The van der Waals surface area contributed by atoms with Crippen molar-refractivity contribution in [1.29, 1.82) is 0 Å². The zero-order valence-corrected chi connectivity index (χ0v) is 9.50. The Hall–Kier alpha value is -1.96. The Morgan fingerprint density at radius 2 is 1.47 bits per heavy atom. The van der Waals surface area contributed by atoms with Gasteiger partial charge in [0.2, 0.25) is 11.7 Å².